The second-order valence-corrected chi connectivity index (χ2v) is 7.95. The van der Waals surface area contributed by atoms with E-state index in [1.165, 1.54) is 0 Å². The van der Waals surface area contributed by atoms with Crippen molar-refractivity contribution in [3.05, 3.63) is 51.1 Å². The van der Waals surface area contributed by atoms with Crippen molar-refractivity contribution in [3.63, 3.8) is 0 Å². The summed E-state index contributed by atoms with van der Waals surface area (Å²) >= 11 is 5.04. The quantitative estimate of drug-likeness (QED) is 0.722. The van der Waals surface area contributed by atoms with Crippen LogP contribution in [0.15, 0.2) is 46.3 Å². The number of benzene rings is 1. The number of halogens is 1. The van der Waals surface area contributed by atoms with E-state index in [4.69, 9.17) is 4.74 Å². The first-order valence-corrected chi connectivity index (χ1v) is 9.38. The minimum absolute atomic E-state index is 0.0687. The minimum Gasteiger partial charge on any atom is -0.495 e. The lowest BCUT2D eigenvalue weighted by molar-refractivity contribution is -0.126. The molecule has 1 aliphatic heterocycles. The lowest BCUT2D eigenvalue weighted by Gasteiger charge is -2.36. The standard InChI is InChI=1S/C18H19BrN2O2S/c1-23-16-5-3-2-4-15(16)20-10-12-21(13-11-20)18(22)9-7-14-6-8-17(19)24-14/h2-9H,10-13H2,1H3/b9-7+. The van der Waals surface area contributed by atoms with Gasteiger partial charge in [0.05, 0.1) is 16.6 Å². The summed E-state index contributed by atoms with van der Waals surface area (Å²) in [6, 6.07) is 12.0. The van der Waals surface area contributed by atoms with E-state index < -0.39 is 0 Å². The highest BCUT2D eigenvalue weighted by molar-refractivity contribution is 9.11. The number of hydrogen-bond acceptors (Lipinski definition) is 4. The number of hydrogen-bond donors (Lipinski definition) is 0. The van der Waals surface area contributed by atoms with Crippen molar-refractivity contribution in [1.29, 1.82) is 0 Å². The van der Waals surface area contributed by atoms with Crippen LogP contribution in [0.3, 0.4) is 0 Å². The number of carbonyl (C=O) groups excluding carboxylic acids is 1. The van der Waals surface area contributed by atoms with Crippen LogP contribution < -0.4 is 9.64 Å². The predicted octanol–water partition coefficient (Wildman–Crippen LogP) is 3.88. The molecule has 24 heavy (non-hydrogen) atoms. The summed E-state index contributed by atoms with van der Waals surface area (Å²) in [7, 11) is 1.69. The van der Waals surface area contributed by atoms with Gasteiger partial charge in [-0.3, -0.25) is 4.79 Å². The Bertz CT molecular complexity index is 736. The summed E-state index contributed by atoms with van der Waals surface area (Å²) in [5, 5.41) is 0. The summed E-state index contributed by atoms with van der Waals surface area (Å²) in [6.45, 7) is 3.06. The number of rotatable bonds is 4. The zero-order valence-corrected chi connectivity index (χ0v) is 15.8. The first-order chi connectivity index (χ1) is 11.7. The fourth-order valence-corrected chi connectivity index (χ4v) is 4.06. The molecule has 1 saturated heterocycles. The summed E-state index contributed by atoms with van der Waals surface area (Å²) in [5.74, 6) is 0.944. The third-order valence-corrected chi connectivity index (χ3v) is 5.59. The molecular weight excluding hydrogens is 388 g/mol. The fourth-order valence-electron chi connectivity index (χ4n) is 2.74. The maximum absolute atomic E-state index is 12.3. The van der Waals surface area contributed by atoms with Crippen molar-refractivity contribution in [2.45, 2.75) is 0 Å². The van der Waals surface area contributed by atoms with E-state index >= 15 is 0 Å². The number of piperazine rings is 1. The Kier molecular flexibility index (Phi) is 5.58. The van der Waals surface area contributed by atoms with Gasteiger partial charge in [-0.25, -0.2) is 0 Å². The molecule has 0 saturated carbocycles. The molecule has 0 unspecified atom stereocenters. The average molecular weight is 407 g/mol. The molecule has 1 aromatic heterocycles. The average Bonchev–Trinajstić information content (AvgIpc) is 3.05. The third kappa shape index (κ3) is 3.99. The van der Waals surface area contributed by atoms with Gasteiger partial charge in [0.15, 0.2) is 0 Å². The predicted molar refractivity (Wildman–Crippen MR) is 103 cm³/mol. The van der Waals surface area contributed by atoms with Crippen molar-refractivity contribution in [2.75, 3.05) is 38.2 Å². The minimum atomic E-state index is 0.0687. The van der Waals surface area contributed by atoms with Crippen LogP contribution in [0.1, 0.15) is 4.88 Å². The molecule has 3 rings (SSSR count). The van der Waals surface area contributed by atoms with E-state index in [1.54, 1.807) is 24.5 Å². The molecule has 0 bridgehead atoms. The number of thiophene rings is 1. The van der Waals surface area contributed by atoms with Crippen molar-refractivity contribution < 1.29 is 9.53 Å². The topological polar surface area (TPSA) is 32.8 Å². The van der Waals surface area contributed by atoms with E-state index in [0.717, 1.165) is 46.3 Å². The van der Waals surface area contributed by atoms with Crippen molar-refractivity contribution >= 4 is 44.9 Å². The van der Waals surface area contributed by atoms with Gasteiger partial charge in [-0.1, -0.05) is 12.1 Å². The van der Waals surface area contributed by atoms with Gasteiger partial charge >= 0.3 is 0 Å². The molecule has 0 N–H and O–H groups in total. The molecule has 1 aliphatic rings. The van der Waals surface area contributed by atoms with Gasteiger partial charge in [-0.15, -0.1) is 11.3 Å². The van der Waals surface area contributed by atoms with Crippen LogP contribution in [0, 0.1) is 0 Å². The highest BCUT2D eigenvalue weighted by Gasteiger charge is 2.21. The molecule has 2 heterocycles. The zero-order valence-electron chi connectivity index (χ0n) is 13.4. The van der Waals surface area contributed by atoms with Crippen molar-refractivity contribution in [3.8, 4) is 5.75 Å². The lowest BCUT2D eigenvalue weighted by atomic mass is 10.2. The van der Waals surface area contributed by atoms with E-state index in [1.807, 2.05) is 41.3 Å². The zero-order chi connectivity index (χ0) is 16.9. The summed E-state index contributed by atoms with van der Waals surface area (Å²) in [4.78, 5) is 17.6. The Balaban J connectivity index is 1.58. The first-order valence-electron chi connectivity index (χ1n) is 7.77. The largest absolute Gasteiger partial charge is 0.495 e. The summed E-state index contributed by atoms with van der Waals surface area (Å²) in [6.07, 6.45) is 3.54. The third-order valence-electron chi connectivity index (χ3n) is 4.00. The number of para-hydroxylation sites is 2. The van der Waals surface area contributed by atoms with Gasteiger partial charge in [-0.2, -0.15) is 0 Å². The number of nitrogens with zero attached hydrogens (tertiary/aromatic N) is 2. The van der Waals surface area contributed by atoms with Crippen LogP contribution in [0.5, 0.6) is 5.75 Å². The van der Waals surface area contributed by atoms with Crippen molar-refractivity contribution in [2.24, 2.45) is 0 Å². The molecular formula is C18H19BrN2O2S. The highest BCUT2D eigenvalue weighted by atomic mass is 79.9. The summed E-state index contributed by atoms with van der Waals surface area (Å²) < 4.78 is 6.50. The molecule has 2 aromatic rings. The van der Waals surface area contributed by atoms with Gasteiger partial charge in [0, 0.05) is 37.1 Å². The molecule has 126 valence electrons. The fraction of sp³-hybridized carbons (Fsp3) is 0.278. The Morgan fingerprint density at radius 1 is 1.17 bits per heavy atom. The molecule has 6 heteroatoms. The Labute approximate surface area is 154 Å². The Morgan fingerprint density at radius 2 is 1.92 bits per heavy atom. The second-order valence-electron chi connectivity index (χ2n) is 5.46. The van der Waals surface area contributed by atoms with Crippen LogP contribution in [0.4, 0.5) is 5.69 Å². The van der Waals surface area contributed by atoms with Gasteiger partial charge in [0.1, 0.15) is 5.75 Å². The van der Waals surface area contributed by atoms with Gasteiger partial charge in [-0.05, 0) is 46.3 Å². The van der Waals surface area contributed by atoms with E-state index in [9.17, 15) is 4.79 Å². The maximum Gasteiger partial charge on any atom is 0.246 e. The molecule has 1 amide bonds. The van der Waals surface area contributed by atoms with Crippen LogP contribution in [-0.2, 0) is 4.79 Å². The van der Waals surface area contributed by atoms with E-state index in [0.29, 0.717) is 0 Å². The second kappa shape index (κ2) is 7.85. The van der Waals surface area contributed by atoms with E-state index in [2.05, 4.69) is 26.9 Å². The molecule has 4 nitrogen and oxygen atoms in total. The normalized spacial score (nSPS) is 15.1. The maximum atomic E-state index is 12.3. The number of amides is 1. The number of anilines is 1. The van der Waals surface area contributed by atoms with Crippen LogP contribution in [0.2, 0.25) is 0 Å². The van der Waals surface area contributed by atoms with E-state index in [-0.39, 0.29) is 5.91 Å². The van der Waals surface area contributed by atoms with Crippen molar-refractivity contribution in [1.82, 2.24) is 4.90 Å². The molecule has 1 aromatic carbocycles. The van der Waals surface area contributed by atoms with Gasteiger partial charge in [0.2, 0.25) is 5.91 Å². The van der Waals surface area contributed by atoms with Crippen LogP contribution in [-0.4, -0.2) is 44.1 Å². The lowest BCUT2D eigenvalue weighted by Crippen LogP contribution is -2.48. The number of methoxy groups -OCH3 is 1. The Morgan fingerprint density at radius 3 is 2.58 bits per heavy atom. The first kappa shape index (κ1) is 17.0. The molecule has 0 aliphatic carbocycles. The molecule has 0 spiro atoms. The number of carbonyl (C=O) groups is 1. The number of ether oxygens (including phenoxy) is 1. The smallest absolute Gasteiger partial charge is 0.246 e. The van der Waals surface area contributed by atoms with Crippen LogP contribution in [0.25, 0.3) is 6.08 Å². The molecule has 0 atom stereocenters. The molecule has 0 radical (unpaired) electrons. The van der Waals surface area contributed by atoms with Crippen LogP contribution >= 0.6 is 27.3 Å². The summed E-state index contributed by atoms with van der Waals surface area (Å²) in [5.41, 5.74) is 1.09. The monoisotopic (exact) mass is 406 g/mol. The Hall–Kier alpha value is -1.79. The molecule has 1 fully saturated rings. The van der Waals surface area contributed by atoms with Gasteiger partial charge in [0.25, 0.3) is 0 Å². The van der Waals surface area contributed by atoms with Gasteiger partial charge < -0.3 is 14.5 Å². The highest BCUT2D eigenvalue weighted by Crippen LogP contribution is 2.28. The SMILES string of the molecule is COc1ccccc1N1CCN(C(=O)/C=C/c2ccc(Br)s2)CC1.